The van der Waals surface area contributed by atoms with Crippen molar-refractivity contribution in [3.05, 3.63) is 93.2 Å². The Morgan fingerprint density at radius 1 is 0.854 bits per heavy atom. The lowest BCUT2D eigenvalue weighted by atomic mass is 9.85. The number of hydrogen-bond donors (Lipinski definition) is 1. The van der Waals surface area contributed by atoms with E-state index in [0.717, 1.165) is 35.4 Å². The van der Waals surface area contributed by atoms with Crippen molar-refractivity contribution in [3.63, 3.8) is 0 Å². The van der Waals surface area contributed by atoms with Gasteiger partial charge in [0.05, 0.1) is 5.52 Å². The van der Waals surface area contributed by atoms with Crippen LogP contribution in [0.3, 0.4) is 0 Å². The number of rotatable bonds is 6. The highest BCUT2D eigenvalue weighted by Crippen LogP contribution is 2.46. The molecule has 2 aliphatic rings. The minimum absolute atomic E-state index is 0.00293. The number of sulfonamides is 1. The molecule has 0 unspecified atom stereocenters. The highest BCUT2D eigenvalue weighted by molar-refractivity contribution is 7.90. The molecule has 216 valence electrons. The second kappa shape index (κ2) is 10.5. The molecule has 1 aliphatic carbocycles. The molecule has 0 amide bonds. The number of halogens is 5. The summed E-state index contributed by atoms with van der Waals surface area (Å²) in [7, 11) is -5.39. The van der Waals surface area contributed by atoms with E-state index >= 15 is 0 Å². The van der Waals surface area contributed by atoms with Gasteiger partial charge >= 0.3 is 15.5 Å². The standard InChI is InChI=1S/C29H26Cl2F3N3O3S/c30-21-7-3-17(4-8-21)26(18-5-9-22(31)10-6-18)20-15-24-27(25(38)16-20)35-28(19-1-2-19)37(24)23-11-13-36(14-12-23)41(39,40)29(32,33)34/h3-10,15-16,19,23,26,38H,1-2,11-14H2. The number of benzene rings is 3. The maximum atomic E-state index is 13.2. The highest BCUT2D eigenvalue weighted by atomic mass is 35.5. The van der Waals surface area contributed by atoms with Crippen LogP contribution in [0.5, 0.6) is 5.75 Å². The smallest absolute Gasteiger partial charge is 0.506 e. The van der Waals surface area contributed by atoms with E-state index in [4.69, 9.17) is 28.2 Å². The van der Waals surface area contributed by atoms with Crippen LogP contribution >= 0.6 is 23.2 Å². The number of phenolic OH excluding ortho intramolecular Hbond substituents is 1. The van der Waals surface area contributed by atoms with E-state index in [1.54, 1.807) is 30.3 Å². The summed E-state index contributed by atoms with van der Waals surface area (Å²) in [6, 6.07) is 18.3. The fourth-order valence-electron chi connectivity index (χ4n) is 5.77. The first-order valence-corrected chi connectivity index (χ1v) is 15.5. The molecule has 6 rings (SSSR count). The highest BCUT2D eigenvalue weighted by Gasteiger charge is 2.50. The predicted octanol–water partition coefficient (Wildman–Crippen LogP) is 7.59. The molecule has 0 atom stereocenters. The van der Waals surface area contributed by atoms with Crippen molar-refractivity contribution in [1.29, 1.82) is 0 Å². The Kier molecular flexibility index (Phi) is 7.25. The topological polar surface area (TPSA) is 75.4 Å². The van der Waals surface area contributed by atoms with Gasteiger partial charge in [-0.25, -0.2) is 13.4 Å². The third-order valence-electron chi connectivity index (χ3n) is 7.93. The third kappa shape index (κ3) is 5.31. The summed E-state index contributed by atoms with van der Waals surface area (Å²) < 4.78 is 66.1. The van der Waals surface area contributed by atoms with Gasteiger partial charge in [0.1, 0.15) is 17.1 Å². The van der Waals surface area contributed by atoms with E-state index in [1.807, 2.05) is 34.9 Å². The maximum Gasteiger partial charge on any atom is 0.511 e. The van der Waals surface area contributed by atoms with Crippen LogP contribution < -0.4 is 0 Å². The number of hydrogen-bond acceptors (Lipinski definition) is 4. The second-order valence-electron chi connectivity index (χ2n) is 10.6. The molecule has 41 heavy (non-hydrogen) atoms. The number of piperidine rings is 1. The molecule has 3 aromatic carbocycles. The zero-order valence-electron chi connectivity index (χ0n) is 21.7. The first-order chi connectivity index (χ1) is 19.4. The van der Waals surface area contributed by atoms with Gasteiger partial charge in [0.2, 0.25) is 0 Å². The van der Waals surface area contributed by atoms with E-state index in [1.165, 1.54) is 0 Å². The molecule has 4 aromatic rings. The van der Waals surface area contributed by atoms with Crippen molar-refractivity contribution in [2.45, 2.75) is 49.1 Å². The van der Waals surface area contributed by atoms with Crippen molar-refractivity contribution >= 4 is 44.3 Å². The minimum Gasteiger partial charge on any atom is -0.506 e. The average Bonchev–Trinajstić information content (AvgIpc) is 3.70. The molecule has 1 saturated heterocycles. The van der Waals surface area contributed by atoms with E-state index in [0.29, 0.717) is 25.4 Å². The fraction of sp³-hybridized carbons (Fsp3) is 0.345. The van der Waals surface area contributed by atoms with Gasteiger partial charge < -0.3 is 9.67 Å². The zero-order chi connectivity index (χ0) is 29.1. The molecular formula is C29H26Cl2F3N3O3S. The molecule has 0 bridgehead atoms. The van der Waals surface area contributed by atoms with E-state index in [-0.39, 0.29) is 49.6 Å². The molecule has 1 saturated carbocycles. The predicted molar refractivity (Wildman–Crippen MR) is 152 cm³/mol. The summed E-state index contributed by atoms with van der Waals surface area (Å²) in [6.45, 7) is -0.500. The van der Waals surface area contributed by atoms with Gasteiger partial charge in [-0.1, -0.05) is 47.5 Å². The number of phenols is 1. The minimum atomic E-state index is -5.39. The number of fused-ring (bicyclic) bond motifs is 1. The van der Waals surface area contributed by atoms with Gasteiger partial charge in [0.15, 0.2) is 0 Å². The van der Waals surface area contributed by atoms with Gasteiger partial charge in [-0.05, 0) is 78.8 Å². The van der Waals surface area contributed by atoms with Crippen LogP contribution in [0.15, 0.2) is 60.7 Å². The lowest BCUT2D eigenvalue weighted by Crippen LogP contribution is -2.45. The monoisotopic (exact) mass is 623 g/mol. The first kappa shape index (κ1) is 28.3. The Hall–Kier alpha value is -2.79. The summed E-state index contributed by atoms with van der Waals surface area (Å²) in [6.07, 6.45) is 2.25. The molecule has 0 spiro atoms. The molecule has 0 radical (unpaired) electrons. The van der Waals surface area contributed by atoms with Crippen molar-refractivity contribution in [1.82, 2.24) is 13.9 Å². The van der Waals surface area contributed by atoms with Crippen molar-refractivity contribution < 1.29 is 26.7 Å². The summed E-state index contributed by atoms with van der Waals surface area (Å²) in [5, 5.41) is 12.4. The molecule has 1 aliphatic heterocycles. The quantitative estimate of drug-likeness (QED) is 0.224. The number of aromatic hydroxyl groups is 1. The number of aromatic nitrogens is 2. The molecule has 1 aromatic heterocycles. The number of imidazole rings is 1. The molecule has 2 fully saturated rings. The van der Waals surface area contributed by atoms with E-state index < -0.39 is 15.5 Å². The van der Waals surface area contributed by atoms with Crippen LogP contribution in [0, 0.1) is 0 Å². The van der Waals surface area contributed by atoms with Gasteiger partial charge in [0.25, 0.3) is 0 Å². The molecule has 6 nitrogen and oxygen atoms in total. The van der Waals surface area contributed by atoms with Gasteiger partial charge in [-0.2, -0.15) is 17.5 Å². The fourth-order valence-corrected chi connectivity index (χ4v) is 7.01. The SMILES string of the molecule is O=S(=O)(N1CCC(n2c(C3CC3)nc3c(O)cc(C(c4ccc(Cl)cc4)c4ccc(Cl)cc4)cc32)CC1)C(F)(F)F. The van der Waals surface area contributed by atoms with Crippen molar-refractivity contribution in [2.24, 2.45) is 0 Å². The van der Waals surface area contributed by atoms with Gasteiger partial charge in [0, 0.05) is 41.0 Å². The van der Waals surface area contributed by atoms with Crippen LogP contribution in [-0.2, 0) is 10.0 Å². The van der Waals surface area contributed by atoms with Gasteiger partial charge in [-0.15, -0.1) is 0 Å². The van der Waals surface area contributed by atoms with Gasteiger partial charge in [-0.3, -0.25) is 0 Å². The first-order valence-electron chi connectivity index (χ1n) is 13.3. The lowest BCUT2D eigenvalue weighted by Gasteiger charge is -2.33. The summed E-state index contributed by atoms with van der Waals surface area (Å²) >= 11 is 12.3. The third-order valence-corrected chi connectivity index (χ3v) is 10.1. The molecule has 12 heteroatoms. The van der Waals surface area contributed by atoms with Crippen LogP contribution in [0.4, 0.5) is 13.2 Å². The van der Waals surface area contributed by atoms with Crippen molar-refractivity contribution in [3.8, 4) is 5.75 Å². The normalized spacial score (nSPS) is 17.5. The van der Waals surface area contributed by atoms with Crippen LogP contribution in [0.25, 0.3) is 11.0 Å². The van der Waals surface area contributed by atoms with E-state index in [9.17, 15) is 26.7 Å². The largest absolute Gasteiger partial charge is 0.511 e. The maximum absolute atomic E-state index is 13.2. The number of nitrogens with zero attached hydrogens (tertiary/aromatic N) is 3. The average molecular weight is 625 g/mol. The van der Waals surface area contributed by atoms with E-state index in [2.05, 4.69) is 0 Å². The lowest BCUT2D eigenvalue weighted by molar-refractivity contribution is -0.0496. The second-order valence-corrected chi connectivity index (χ2v) is 13.4. The Morgan fingerprint density at radius 3 is 1.88 bits per heavy atom. The zero-order valence-corrected chi connectivity index (χ0v) is 24.0. The summed E-state index contributed by atoms with van der Waals surface area (Å²) in [5.41, 5.74) is -1.57. The van der Waals surface area contributed by atoms with Crippen LogP contribution in [0.1, 0.15) is 66.1 Å². The Morgan fingerprint density at radius 2 is 1.39 bits per heavy atom. The molecular weight excluding hydrogens is 598 g/mol. The summed E-state index contributed by atoms with van der Waals surface area (Å²) in [5.74, 6) is 0.680. The Labute approximate surface area is 245 Å². The summed E-state index contributed by atoms with van der Waals surface area (Å²) in [4.78, 5) is 4.79. The molecule has 2 heterocycles. The Bertz CT molecular complexity index is 1650. The van der Waals surface area contributed by atoms with Crippen LogP contribution in [0.2, 0.25) is 10.0 Å². The van der Waals surface area contributed by atoms with Crippen molar-refractivity contribution in [2.75, 3.05) is 13.1 Å². The number of alkyl halides is 3. The molecule has 1 N–H and O–H groups in total. The van der Waals surface area contributed by atoms with Crippen LogP contribution in [-0.4, -0.2) is 46.0 Å². The Balaban J connectivity index is 1.44.